The molecule has 3 rings (SSSR count). The summed E-state index contributed by atoms with van der Waals surface area (Å²) in [6.45, 7) is -1.52. The molecule has 0 radical (unpaired) electrons. The van der Waals surface area contributed by atoms with Crippen LogP contribution >= 0.6 is 0 Å². The maximum absolute atomic E-state index is 12.4. The number of ether oxygens (including phenoxy) is 2. The summed E-state index contributed by atoms with van der Waals surface area (Å²) < 4.78 is 51.7. The Hall–Kier alpha value is -3.56. The third-order valence-electron chi connectivity index (χ3n) is 4.01. The van der Waals surface area contributed by atoms with Gasteiger partial charge < -0.3 is 19.0 Å². The highest BCUT2D eigenvalue weighted by Gasteiger charge is 2.29. The molecule has 0 fully saturated rings. The summed E-state index contributed by atoms with van der Waals surface area (Å²) in [4.78, 5) is 20.6. The third-order valence-corrected chi connectivity index (χ3v) is 4.01. The van der Waals surface area contributed by atoms with Gasteiger partial charge in [-0.05, 0) is 30.3 Å². The molecule has 0 saturated heterocycles. The van der Waals surface area contributed by atoms with E-state index < -0.39 is 18.5 Å². The van der Waals surface area contributed by atoms with E-state index in [2.05, 4.69) is 14.7 Å². The number of Topliss-reactive ketones (excluding diaryl/α,β-unsaturated/α-hetero) is 1. The number of carbonyl (C=O) groups excluding carboxylic acids is 1. The van der Waals surface area contributed by atoms with Crippen LogP contribution in [0.5, 0.6) is 17.2 Å². The maximum atomic E-state index is 12.4. The van der Waals surface area contributed by atoms with Gasteiger partial charge in [0.05, 0.1) is 12.8 Å². The minimum atomic E-state index is -4.51. The summed E-state index contributed by atoms with van der Waals surface area (Å²) in [5.41, 5.74) is 1.06. The first-order chi connectivity index (χ1) is 14.3. The number of phenols is 1. The molecule has 2 heterocycles. The van der Waals surface area contributed by atoms with Gasteiger partial charge in [0.25, 0.3) is 0 Å². The van der Waals surface area contributed by atoms with Crippen LogP contribution in [-0.2, 0) is 6.42 Å². The Morgan fingerprint density at radius 2 is 2.03 bits per heavy atom. The maximum Gasteiger partial charge on any atom is 0.422 e. The molecule has 0 aliphatic carbocycles. The SMILES string of the molecule is COc1cccnc1C(=O)CCc1coc(-c2ccc(OCC(F)(F)F)c(O)c2)n1. The summed E-state index contributed by atoms with van der Waals surface area (Å²) in [5.74, 6) is -0.482. The summed E-state index contributed by atoms with van der Waals surface area (Å²) in [7, 11) is 1.45. The first-order valence-corrected chi connectivity index (χ1v) is 8.76. The van der Waals surface area contributed by atoms with Crippen molar-refractivity contribution in [1.82, 2.24) is 9.97 Å². The van der Waals surface area contributed by atoms with Crippen LogP contribution in [0.3, 0.4) is 0 Å². The van der Waals surface area contributed by atoms with Crippen molar-refractivity contribution in [3.63, 3.8) is 0 Å². The highest BCUT2D eigenvalue weighted by atomic mass is 19.4. The molecule has 0 aliphatic rings. The molecule has 0 unspecified atom stereocenters. The van der Waals surface area contributed by atoms with Crippen LogP contribution in [0.1, 0.15) is 22.6 Å². The van der Waals surface area contributed by atoms with Crippen molar-refractivity contribution in [2.75, 3.05) is 13.7 Å². The van der Waals surface area contributed by atoms with Crippen LogP contribution in [-0.4, -0.2) is 40.8 Å². The van der Waals surface area contributed by atoms with Gasteiger partial charge in [-0.25, -0.2) is 9.97 Å². The summed E-state index contributed by atoms with van der Waals surface area (Å²) >= 11 is 0. The van der Waals surface area contributed by atoms with Crippen LogP contribution in [0.2, 0.25) is 0 Å². The quantitative estimate of drug-likeness (QED) is 0.544. The molecule has 7 nitrogen and oxygen atoms in total. The highest BCUT2D eigenvalue weighted by Crippen LogP contribution is 2.32. The number of aromatic nitrogens is 2. The van der Waals surface area contributed by atoms with E-state index in [4.69, 9.17) is 9.15 Å². The molecule has 0 spiro atoms. The number of nitrogens with zero attached hydrogens (tertiary/aromatic N) is 2. The third kappa shape index (κ3) is 5.28. The van der Waals surface area contributed by atoms with E-state index in [-0.39, 0.29) is 36.0 Å². The Labute approximate surface area is 169 Å². The standard InChI is InChI=1S/C20H17F3N2O5/c1-28-17-3-2-8-24-18(17)14(26)6-5-13-10-29-19(25-13)12-4-7-16(15(27)9-12)30-11-20(21,22)23/h2-4,7-10,27H,5-6,11H2,1H3. The zero-order chi connectivity index (χ0) is 21.7. The van der Waals surface area contributed by atoms with Gasteiger partial charge in [0.2, 0.25) is 5.89 Å². The van der Waals surface area contributed by atoms with Crippen molar-refractivity contribution in [2.24, 2.45) is 0 Å². The lowest BCUT2D eigenvalue weighted by atomic mass is 10.1. The summed E-state index contributed by atoms with van der Waals surface area (Å²) in [5, 5.41) is 9.88. The number of benzene rings is 1. The van der Waals surface area contributed by atoms with Crippen LogP contribution in [0.4, 0.5) is 13.2 Å². The molecular formula is C20H17F3N2O5. The number of aromatic hydroxyl groups is 1. The van der Waals surface area contributed by atoms with Crippen LogP contribution < -0.4 is 9.47 Å². The van der Waals surface area contributed by atoms with Gasteiger partial charge in [0.15, 0.2) is 23.9 Å². The average molecular weight is 422 g/mol. The topological polar surface area (TPSA) is 94.7 Å². The average Bonchev–Trinajstić information content (AvgIpc) is 3.19. The Balaban J connectivity index is 1.65. The predicted molar refractivity (Wildman–Crippen MR) is 98.6 cm³/mol. The molecule has 158 valence electrons. The van der Waals surface area contributed by atoms with Crippen molar-refractivity contribution in [3.05, 3.63) is 54.2 Å². The molecule has 2 aromatic heterocycles. The second-order valence-corrected chi connectivity index (χ2v) is 6.21. The molecule has 10 heteroatoms. The second kappa shape index (κ2) is 8.85. The van der Waals surface area contributed by atoms with Crippen LogP contribution in [0.25, 0.3) is 11.5 Å². The number of hydrogen-bond donors (Lipinski definition) is 1. The van der Waals surface area contributed by atoms with Gasteiger partial charge in [-0.3, -0.25) is 4.79 Å². The zero-order valence-corrected chi connectivity index (χ0v) is 15.8. The van der Waals surface area contributed by atoms with Gasteiger partial charge in [-0.1, -0.05) is 0 Å². The van der Waals surface area contributed by atoms with Crippen molar-refractivity contribution >= 4 is 5.78 Å². The number of oxazole rings is 1. The van der Waals surface area contributed by atoms with Gasteiger partial charge in [-0.15, -0.1) is 0 Å². The van der Waals surface area contributed by atoms with E-state index in [9.17, 15) is 23.1 Å². The number of carbonyl (C=O) groups is 1. The number of methoxy groups -OCH3 is 1. The molecule has 0 atom stereocenters. The summed E-state index contributed by atoms with van der Waals surface area (Å²) in [6, 6.07) is 7.09. The fourth-order valence-electron chi connectivity index (χ4n) is 2.61. The van der Waals surface area contributed by atoms with E-state index in [0.29, 0.717) is 17.0 Å². The largest absolute Gasteiger partial charge is 0.504 e. The first kappa shape index (κ1) is 21.2. The molecular weight excluding hydrogens is 405 g/mol. The Morgan fingerprint density at radius 1 is 1.23 bits per heavy atom. The monoisotopic (exact) mass is 422 g/mol. The van der Waals surface area contributed by atoms with Gasteiger partial charge in [-0.2, -0.15) is 13.2 Å². The van der Waals surface area contributed by atoms with E-state index in [1.54, 1.807) is 12.1 Å². The van der Waals surface area contributed by atoms with Gasteiger partial charge in [0.1, 0.15) is 17.7 Å². The van der Waals surface area contributed by atoms with Crippen LogP contribution in [0, 0.1) is 0 Å². The molecule has 30 heavy (non-hydrogen) atoms. The zero-order valence-electron chi connectivity index (χ0n) is 15.8. The number of ketones is 1. The molecule has 1 aromatic carbocycles. The fraction of sp³-hybridized carbons (Fsp3) is 0.250. The van der Waals surface area contributed by atoms with E-state index in [1.807, 2.05) is 0 Å². The van der Waals surface area contributed by atoms with Crippen LogP contribution in [0.15, 0.2) is 47.2 Å². The molecule has 3 aromatic rings. The van der Waals surface area contributed by atoms with E-state index >= 15 is 0 Å². The van der Waals surface area contributed by atoms with Crippen molar-refractivity contribution in [1.29, 1.82) is 0 Å². The Kier molecular flexibility index (Phi) is 6.24. The van der Waals surface area contributed by atoms with Crippen molar-refractivity contribution in [2.45, 2.75) is 19.0 Å². The molecule has 1 N–H and O–H groups in total. The Bertz CT molecular complexity index is 1030. The first-order valence-electron chi connectivity index (χ1n) is 8.76. The number of alkyl halides is 3. The highest BCUT2D eigenvalue weighted by molar-refractivity contribution is 5.96. The Morgan fingerprint density at radius 3 is 2.73 bits per heavy atom. The van der Waals surface area contributed by atoms with Gasteiger partial charge in [0, 0.05) is 24.6 Å². The lowest BCUT2D eigenvalue weighted by Gasteiger charge is -2.10. The lowest BCUT2D eigenvalue weighted by Crippen LogP contribution is -2.19. The molecule has 0 aliphatic heterocycles. The normalized spacial score (nSPS) is 11.3. The van der Waals surface area contributed by atoms with Crippen molar-refractivity contribution < 1.29 is 37.0 Å². The van der Waals surface area contributed by atoms with E-state index in [1.165, 1.54) is 37.8 Å². The van der Waals surface area contributed by atoms with Gasteiger partial charge >= 0.3 is 6.18 Å². The summed E-state index contributed by atoms with van der Waals surface area (Å²) in [6.07, 6.45) is -1.25. The molecule has 0 amide bonds. The number of aryl methyl sites for hydroxylation is 1. The predicted octanol–water partition coefficient (Wildman–Crippen LogP) is 4.21. The lowest BCUT2D eigenvalue weighted by molar-refractivity contribution is -0.153. The minimum Gasteiger partial charge on any atom is -0.504 e. The number of rotatable bonds is 8. The number of hydrogen-bond acceptors (Lipinski definition) is 7. The molecule has 0 bridgehead atoms. The number of halogens is 3. The molecule has 0 saturated carbocycles. The fourth-order valence-corrected chi connectivity index (χ4v) is 2.61. The van der Waals surface area contributed by atoms with Crippen molar-refractivity contribution in [3.8, 4) is 28.7 Å². The van der Waals surface area contributed by atoms with E-state index in [0.717, 1.165) is 0 Å². The number of phenolic OH excluding ortho intramolecular Hbond substituents is 1. The number of pyridine rings is 1. The smallest absolute Gasteiger partial charge is 0.422 e. The minimum absolute atomic E-state index is 0.120. The second-order valence-electron chi connectivity index (χ2n) is 6.21.